The molecule has 2 aliphatic heterocycles. The van der Waals surface area contributed by atoms with Gasteiger partial charge in [-0.2, -0.15) is 0 Å². The summed E-state index contributed by atoms with van der Waals surface area (Å²) in [6.07, 6.45) is 4.65. The molecule has 0 spiro atoms. The number of likely N-dealkylation sites (tertiary alicyclic amines) is 1. The Kier molecular flexibility index (Phi) is 5.61. The predicted molar refractivity (Wildman–Crippen MR) is 95.5 cm³/mol. The van der Waals surface area contributed by atoms with E-state index >= 15 is 0 Å². The van der Waals surface area contributed by atoms with Crippen molar-refractivity contribution < 1.29 is 14.8 Å². The van der Waals surface area contributed by atoms with Gasteiger partial charge >= 0.3 is 0 Å². The molecule has 1 aromatic carbocycles. The highest BCUT2D eigenvalue weighted by Gasteiger charge is 2.29. The number of carbonyl (C=O) groups is 1. The van der Waals surface area contributed by atoms with Gasteiger partial charge in [-0.05, 0) is 37.8 Å². The van der Waals surface area contributed by atoms with Crippen molar-refractivity contribution in [3.05, 3.63) is 24.3 Å². The van der Waals surface area contributed by atoms with E-state index in [0.717, 1.165) is 51.3 Å². The van der Waals surface area contributed by atoms with Crippen LogP contribution in [0.5, 0.6) is 5.75 Å². The van der Waals surface area contributed by atoms with Crippen LogP contribution >= 0.6 is 0 Å². The number of phenols is 1. The fourth-order valence-electron chi connectivity index (χ4n) is 4.04. The van der Waals surface area contributed by atoms with Gasteiger partial charge in [-0.15, -0.1) is 0 Å². The molecule has 2 aliphatic rings. The number of piperidine rings is 1. The number of piperazine rings is 1. The number of aromatic hydroxyl groups is 1. The van der Waals surface area contributed by atoms with Crippen LogP contribution in [0.2, 0.25) is 0 Å². The zero-order valence-corrected chi connectivity index (χ0v) is 14.7. The Balaban J connectivity index is 1.52. The SMILES string of the molecule is CC[C@H]1CCCCN1C(=O)C[NH+]1CCN(c2ccccc2O)CC1. The summed E-state index contributed by atoms with van der Waals surface area (Å²) in [5.41, 5.74) is 0.907. The third kappa shape index (κ3) is 3.83. The van der Waals surface area contributed by atoms with Crippen LogP contribution < -0.4 is 9.80 Å². The maximum Gasteiger partial charge on any atom is 0.278 e. The zero-order valence-electron chi connectivity index (χ0n) is 14.7. The van der Waals surface area contributed by atoms with E-state index in [4.69, 9.17) is 0 Å². The van der Waals surface area contributed by atoms with Gasteiger partial charge in [-0.1, -0.05) is 19.1 Å². The average molecular weight is 332 g/mol. The number of anilines is 1. The number of nitrogens with zero attached hydrogens (tertiary/aromatic N) is 2. The summed E-state index contributed by atoms with van der Waals surface area (Å²) < 4.78 is 0. The van der Waals surface area contributed by atoms with Gasteiger partial charge in [0.15, 0.2) is 6.54 Å². The van der Waals surface area contributed by atoms with Gasteiger partial charge in [0.25, 0.3) is 5.91 Å². The highest BCUT2D eigenvalue weighted by molar-refractivity contribution is 5.77. The lowest BCUT2D eigenvalue weighted by atomic mass is 10.00. The van der Waals surface area contributed by atoms with E-state index in [1.54, 1.807) is 6.07 Å². The molecule has 2 N–H and O–H groups in total. The normalized spacial score (nSPS) is 22.6. The number of hydrogen-bond donors (Lipinski definition) is 2. The van der Waals surface area contributed by atoms with E-state index in [2.05, 4.69) is 16.7 Å². The van der Waals surface area contributed by atoms with Crippen LogP contribution in [0.4, 0.5) is 5.69 Å². The molecule has 0 bridgehead atoms. The summed E-state index contributed by atoms with van der Waals surface area (Å²) in [5, 5.41) is 9.99. The van der Waals surface area contributed by atoms with Gasteiger partial charge in [0.1, 0.15) is 5.75 Å². The van der Waals surface area contributed by atoms with Crippen LogP contribution in [0, 0.1) is 0 Å². The van der Waals surface area contributed by atoms with Crippen molar-refractivity contribution in [1.82, 2.24) is 4.90 Å². The molecule has 0 unspecified atom stereocenters. The standard InChI is InChI=1S/C19H29N3O2/c1-2-16-7-5-6-10-22(16)19(24)15-20-11-13-21(14-12-20)17-8-3-4-9-18(17)23/h3-4,8-9,16,23H,2,5-7,10-15H2,1H3/p+1/t16-/m0/s1. The quantitative estimate of drug-likeness (QED) is 0.861. The lowest BCUT2D eigenvalue weighted by molar-refractivity contribution is -0.892. The summed E-state index contributed by atoms with van der Waals surface area (Å²) in [7, 11) is 0. The smallest absolute Gasteiger partial charge is 0.278 e. The van der Waals surface area contributed by atoms with Crippen LogP contribution in [0.3, 0.4) is 0 Å². The summed E-state index contributed by atoms with van der Waals surface area (Å²) >= 11 is 0. The number of para-hydroxylation sites is 2. The van der Waals surface area contributed by atoms with Crippen LogP contribution in [-0.2, 0) is 4.79 Å². The molecule has 0 aliphatic carbocycles. The van der Waals surface area contributed by atoms with E-state index in [1.807, 2.05) is 18.2 Å². The molecular weight excluding hydrogens is 302 g/mol. The second-order valence-electron chi connectivity index (χ2n) is 7.05. The Morgan fingerprint density at radius 1 is 1.21 bits per heavy atom. The van der Waals surface area contributed by atoms with E-state index in [0.29, 0.717) is 24.2 Å². The molecule has 0 radical (unpaired) electrons. The number of carbonyl (C=O) groups excluding carboxylic acids is 1. The predicted octanol–water partition coefficient (Wildman–Crippen LogP) is 0.888. The molecule has 2 saturated heterocycles. The zero-order chi connectivity index (χ0) is 16.9. The molecule has 1 atom stereocenters. The van der Waals surface area contributed by atoms with E-state index in [1.165, 1.54) is 17.7 Å². The number of amides is 1. The summed E-state index contributed by atoms with van der Waals surface area (Å²) in [6.45, 7) is 7.41. The monoisotopic (exact) mass is 332 g/mol. The summed E-state index contributed by atoms with van der Waals surface area (Å²) in [4.78, 5) is 18.4. The first-order valence-electron chi connectivity index (χ1n) is 9.35. The number of benzene rings is 1. The number of hydrogen-bond acceptors (Lipinski definition) is 3. The first-order valence-corrected chi connectivity index (χ1v) is 9.35. The van der Waals surface area contributed by atoms with Crippen LogP contribution in [0.1, 0.15) is 32.6 Å². The fraction of sp³-hybridized carbons (Fsp3) is 0.632. The minimum absolute atomic E-state index is 0.326. The Hall–Kier alpha value is -1.75. The van der Waals surface area contributed by atoms with Crippen molar-refractivity contribution in [2.45, 2.75) is 38.6 Å². The first kappa shape index (κ1) is 17.1. The molecule has 1 aromatic rings. The Labute approximate surface area is 144 Å². The van der Waals surface area contributed by atoms with E-state index in [9.17, 15) is 9.90 Å². The number of quaternary nitrogens is 1. The second-order valence-corrected chi connectivity index (χ2v) is 7.05. The first-order chi connectivity index (χ1) is 11.7. The van der Waals surface area contributed by atoms with E-state index < -0.39 is 0 Å². The lowest BCUT2D eigenvalue weighted by Crippen LogP contribution is -3.16. The van der Waals surface area contributed by atoms with Crippen molar-refractivity contribution in [2.75, 3.05) is 44.2 Å². The molecule has 1 amide bonds. The summed E-state index contributed by atoms with van der Waals surface area (Å²) in [6, 6.07) is 7.96. The maximum atomic E-state index is 12.7. The van der Waals surface area contributed by atoms with Gasteiger partial charge < -0.3 is 19.8 Å². The number of nitrogens with one attached hydrogen (secondary N) is 1. The van der Waals surface area contributed by atoms with Gasteiger partial charge in [0.2, 0.25) is 0 Å². The molecule has 5 heteroatoms. The molecular formula is C19H30N3O2+. The van der Waals surface area contributed by atoms with Gasteiger partial charge in [-0.25, -0.2) is 0 Å². The minimum Gasteiger partial charge on any atom is -0.506 e. The second kappa shape index (κ2) is 7.88. The highest BCUT2D eigenvalue weighted by Crippen LogP contribution is 2.26. The molecule has 132 valence electrons. The largest absolute Gasteiger partial charge is 0.506 e. The number of phenolic OH excluding ortho intramolecular Hbond substituents is 1. The van der Waals surface area contributed by atoms with E-state index in [-0.39, 0.29) is 0 Å². The van der Waals surface area contributed by atoms with Gasteiger partial charge in [-0.3, -0.25) is 4.79 Å². The Bertz CT molecular complexity index is 555. The molecule has 0 aromatic heterocycles. The molecule has 0 saturated carbocycles. The summed E-state index contributed by atoms with van der Waals surface area (Å²) in [5.74, 6) is 0.670. The van der Waals surface area contributed by atoms with Crippen molar-refractivity contribution in [2.24, 2.45) is 0 Å². The Morgan fingerprint density at radius 2 is 1.96 bits per heavy atom. The minimum atomic E-state index is 0.326. The van der Waals surface area contributed by atoms with Crippen LogP contribution in [0.15, 0.2) is 24.3 Å². The Morgan fingerprint density at radius 3 is 2.67 bits per heavy atom. The molecule has 5 nitrogen and oxygen atoms in total. The average Bonchev–Trinajstić information content (AvgIpc) is 2.63. The van der Waals surface area contributed by atoms with Crippen LogP contribution in [-0.4, -0.2) is 61.2 Å². The van der Waals surface area contributed by atoms with Crippen molar-refractivity contribution in [3.8, 4) is 5.75 Å². The number of rotatable bonds is 4. The van der Waals surface area contributed by atoms with Crippen molar-refractivity contribution >= 4 is 11.6 Å². The van der Waals surface area contributed by atoms with Gasteiger partial charge in [0.05, 0.1) is 31.9 Å². The van der Waals surface area contributed by atoms with Crippen molar-refractivity contribution in [3.63, 3.8) is 0 Å². The van der Waals surface area contributed by atoms with Crippen molar-refractivity contribution in [1.29, 1.82) is 0 Å². The third-order valence-corrected chi connectivity index (χ3v) is 5.51. The highest BCUT2D eigenvalue weighted by atomic mass is 16.3. The fourth-order valence-corrected chi connectivity index (χ4v) is 4.04. The third-order valence-electron chi connectivity index (χ3n) is 5.51. The van der Waals surface area contributed by atoms with Gasteiger partial charge in [0, 0.05) is 12.6 Å². The molecule has 3 rings (SSSR count). The molecule has 24 heavy (non-hydrogen) atoms. The lowest BCUT2D eigenvalue weighted by Gasteiger charge is -2.37. The molecule has 2 fully saturated rings. The van der Waals surface area contributed by atoms with Crippen LogP contribution in [0.25, 0.3) is 0 Å². The topological polar surface area (TPSA) is 48.2 Å². The molecule has 2 heterocycles. The maximum absolute atomic E-state index is 12.7.